The molecule has 1 amide bonds. The number of nitrogens with zero attached hydrogens (tertiary/aromatic N) is 3. The predicted molar refractivity (Wildman–Crippen MR) is 106 cm³/mol. The molecule has 0 bridgehead atoms. The average Bonchev–Trinajstić information content (AvgIpc) is 2.70. The van der Waals surface area contributed by atoms with E-state index in [4.69, 9.17) is 0 Å². The van der Waals surface area contributed by atoms with Gasteiger partial charge in [-0.2, -0.15) is 0 Å². The van der Waals surface area contributed by atoms with Crippen molar-refractivity contribution in [2.24, 2.45) is 0 Å². The number of benzene rings is 2. The first kappa shape index (κ1) is 19.0. The molecule has 8 heteroatoms. The van der Waals surface area contributed by atoms with Crippen LogP contribution in [-0.4, -0.2) is 32.2 Å². The molecular formula is C20H18N4O4. The zero-order chi connectivity index (χ0) is 20.1. The third-order valence-electron chi connectivity index (χ3n) is 4.23. The molecule has 8 nitrogen and oxygen atoms in total. The number of aromatic amines is 1. The van der Waals surface area contributed by atoms with Crippen LogP contribution in [0.25, 0.3) is 17.0 Å². The van der Waals surface area contributed by atoms with Gasteiger partial charge in [0.05, 0.1) is 27.9 Å². The SMILES string of the molecule is CCN(Cc1nc2ccccc2c(=O)[nH]1)C(=O)/C=C/c1ccccc1[N+](=O)[O-]. The van der Waals surface area contributed by atoms with Crippen LogP contribution in [0, 0.1) is 10.1 Å². The van der Waals surface area contributed by atoms with E-state index in [2.05, 4.69) is 9.97 Å². The van der Waals surface area contributed by atoms with Gasteiger partial charge >= 0.3 is 0 Å². The van der Waals surface area contributed by atoms with Crippen molar-refractivity contribution in [3.05, 3.63) is 86.5 Å². The highest BCUT2D eigenvalue weighted by atomic mass is 16.6. The summed E-state index contributed by atoms with van der Waals surface area (Å²) in [6, 6.07) is 13.1. The average molecular weight is 378 g/mol. The second-order valence-corrected chi connectivity index (χ2v) is 6.03. The van der Waals surface area contributed by atoms with Gasteiger partial charge in [-0.05, 0) is 31.2 Å². The van der Waals surface area contributed by atoms with Crippen LogP contribution in [0.3, 0.4) is 0 Å². The zero-order valence-corrected chi connectivity index (χ0v) is 15.2. The van der Waals surface area contributed by atoms with Crippen LogP contribution in [0.1, 0.15) is 18.3 Å². The molecule has 0 spiro atoms. The molecule has 1 aromatic heterocycles. The molecule has 1 heterocycles. The van der Waals surface area contributed by atoms with Gasteiger partial charge in [-0.15, -0.1) is 0 Å². The molecule has 0 atom stereocenters. The third-order valence-corrected chi connectivity index (χ3v) is 4.23. The quantitative estimate of drug-likeness (QED) is 0.403. The maximum Gasteiger partial charge on any atom is 0.276 e. The van der Waals surface area contributed by atoms with Crippen LogP contribution >= 0.6 is 0 Å². The number of carbonyl (C=O) groups excluding carboxylic acids is 1. The van der Waals surface area contributed by atoms with Crippen molar-refractivity contribution in [1.82, 2.24) is 14.9 Å². The minimum Gasteiger partial charge on any atom is -0.332 e. The van der Waals surface area contributed by atoms with Gasteiger partial charge in [-0.1, -0.05) is 24.3 Å². The number of nitro benzene ring substituents is 1. The summed E-state index contributed by atoms with van der Waals surface area (Å²) < 4.78 is 0. The lowest BCUT2D eigenvalue weighted by Gasteiger charge is -2.18. The highest BCUT2D eigenvalue weighted by Crippen LogP contribution is 2.19. The minimum atomic E-state index is -0.495. The standard InChI is InChI=1S/C20H18N4O4/c1-2-23(13-18-21-16-9-5-4-8-15(16)20(26)22-18)19(25)12-11-14-7-3-6-10-17(14)24(27)28/h3-12H,2,13H2,1H3,(H,21,22,26)/b12-11+. The Morgan fingerprint density at radius 2 is 1.93 bits per heavy atom. The molecule has 0 aliphatic rings. The molecule has 0 saturated carbocycles. The van der Waals surface area contributed by atoms with Crippen molar-refractivity contribution in [3.63, 3.8) is 0 Å². The van der Waals surface area contributed by atoms with Crippen LogP contribution in [0.5, 0.6) is 0 Å². The van der Waals surface area contributed by atoms with E-state index in [-0.39, 0.29) is 23.7 Å². The maximum absolute atomic E-state index is 12.5. The molecule has 0 aliphatic carbocycles. The number of H-pyrrole nitrogens is 1. The van der Waals surface area contributed by atoms with Crippen LogP contribution in [0.4, 0.5) is 5.69 Å². The van der Waals surface area contributed by atoms with Gasteiger partial charge in [0.15, 0.2) is 0 Å². The summed E-state index contributed by atoms with van der Waals surface area (Å²) in [7, 11) is 0. The smallest absolute Gasteiger partial charge is 0.276 e. The number of hydrogen-bond donors (Lipinski definition) is 1. The first-order chi connectivity index (χ1) is 13.5. The highest BCUT2D eigenvalue weighted by Gasteiger charge is 2.14. The molecule has 0 radical (unpaired) electrons. The largest absolute Gasteiger partial charge is 0.332 e. The number of amides is 1. The first-order valence-corrected chi connectivity index (χ1v) is 8.68. The zero-order valence-electron chi connectivity index (χ0n) is 15.2. The van der Waals surface area contributed by atoms with Crippen molar-refractivity contribution >= 4 is 28.6 Å². The number of nitro groups is 1. The maximum atomic E-state index is 12.5. The summed E-state index contributed by atoms with van der Waals surface area (Å²) in [6.07, 6.45) is 2.70. The normalized spacial score (nSPS) is 11.0. The van der Waals surface area contributed by atoms with Crippen molar-refractivity contribution in [3.8, 4) is 0 Å². The summed E-state index contributed by atoms with van der Waals surface area (Å²) in [6.45, 7) is 2.31. The van der Waals surface area contributed by atoms with Gasteiger partial charge in [-0.25, -0.2) is 4.98 Å². The van der Waals surface area contributed by atoms with Crippen molar-refractivity contribution < 1.29 is 9.72 Å². The number of rotatable bonds is 6. The molecule has 0 fully saturated rings. The lowest BCUT2D eigenvalue weighted by atomic mass is 10.1. The van der Waals surface area contributed by atoms with Gasteiger partial charge in [0.2, 0.25) is 5.91 Å². The van der Waals surface area contributed by atoms with Crippen molar-refractivity contribution in [1.29, 1.82) is 0 Å². The van der Waals surface area contributed by atoms with Crippen LogP contribution < -0.4 is 5.56 Å². The number of aromatic nitrogens is 2. The van der Waals surface area contributed by atoms with Gasteiger partial charge in [0.1, 0.15) is 5.82 Å². The number of hydrogen-bond acceptors (Lipinski definition) is 5. The van der Waals surface area contributed by atoms with Crippen LogP contribution in [-0.2, 0) is 11.3 Å². The fraction of sp³-hybridized carbons (Fsp3) is 0.150. The number of carbonyl (C=O) groups is 1. The lowest BCUT2D eigenvalue weighted by Crippen LogP contribution is -2.30. The van der Waals surface area contributed by atoms with E-state index in [0.29, 0.717) is 28.8 Å². The summed E-state index contributed by atoms with van der Waals surface area (Å²) >= 11 is 0. The number of nitrogens with one attached hydrogen (secondary N) is 1. The molecule has 0 unspecified atom stereocenters. The van der Waals surface area contributed by atoms with E-state index < -0.39 is 4.92 Å². The van der Waals surface area contributed by atoms with E-state index in [0.717, 1.165) is 0 Å². The topological polar surface area (TPSA) is 109 Å². The third kappa shape index (κ3) is 4.12. The fourth-order valence-electron chi connectivity index (χ4n) is 2.80. The Morgan fingerprint density at radius 1 is 1.21 bits per heavy atom. The van der Waals surface area contributed by atoms with Gasteiger partial charge in [0, 0.05) is 18.7 Å². The molecule has 3 aromatic rings. The Balaban J connectivity index is 1.81. The molecule has 0 aliphatic heterocycles. The van der Waals surface area contributed by atoms with E-state index in [1.54, 1.807) is 49.4 Å². The number of fused-ring (bicyclic) bond motifs is 1. The van der Waals surface area contributed by atoms with Crippen molar-refractivity contribution in [2.45, 2.75) is 13.5 Å². The molecule has 0 saturated heterocycles. The summed E-state index contributed by atoms with van der Waals surface area (Å²) in [5.41, 5.74) is 0.559. The predicted octanol–water partition coefficient (Wildman–Crippen LogP) is 2.89. The first-order valence-electron chi connectivity index (χ1n) is 8.68. The van der Waals surface area contributed by atoms with Gasteiger partial charge in [0.25, 0.3) is 11.2 Å². The monoisotopic (exact) mass is 378 g/mol. The van der Waals surface area contributed by atoms with E-state index in [1.165, 1.54) is 23.1 Å². The highest BCUT2D eigenvalue weighted by molar-refractivity contribution is 5.92. The second kappa shape index (κ2) is 8.26. The fourth-order valence-corrected chi connectivity index (χ4v) is 2.80. The summed E-state index contributed by atoms with van der Waals surface area (Å²) in [5, 5.41) is 11.6. The van der Waals surface area contributed by atoms with E-state index in [9.17, 15) is 19.7 Å². The van der Waals surface area contributed by atoms with Crippen molar-refractivity contribution in [2.75, 3.05) is 6.54 Å². The molecular weight excluding hydrogens is 360 g/mol. The second-order valence-electron chi connectivity index (χ2n) is 6.03. The molecule has 142 valence electrons. The Labute approximate surface area is 160 Å². The van der Waals surface area contributed by atoms with Crippen LogP contribution in [0.2, 0.25) is 0 Å². The molecule has 1 N–H and O–H groups in total. The van der Waals surface area contributed by atoms with E-state index in [1.807, 2.05) is 0 Å². The molecule has 28 heavy (non-hydrogen) atoms. The molecule has 2 aromatic carbocycles. The Morgan fingerprint density at radius 3 is 2.68 bits per heavy atom. The summed E-state index contributed by atoms with van der Waals surface area (Å²) in [5.74, 6) is 0.0365. The Hall–Kier alpha value is -3.81. The van der Waals surface area contributed by atoms with Gasteiger partial charge < -0.3 is 9.88 Å². The van der Waals surface area contributed by atoms with Crippen LogP contribution in [0.15, 0.2) is 59.4 Å². The lowest BCUT2D eigenvalue weighted by molar-refractivity contribution is -0.385. The Kier molecular flexibility index (Phi) is 5.59. The number of para-hydroxylation sites is 2. The molecule has 3 rings (SSSR count). The minimum absolute atomic E-state index is 0.0740. The van der Waals surface area contributed by atoms with Gasteiger partial charge in [-0.3, -0.25) is 19.7 Å². The summed E-state index contributed by atoms with van der Waals surface area (Å²) in [4.78, 5) is 43.9. The Bertz CT molecular complexity index is 1120. The van der Waals surface area contributed by atoms with E-state index >= 15 is 0 Å². The number of likely N-dealkylation sites (N-methyl/N-ethyl adjacent to an activating group) is 1.